The topological polar surface area (TPSA) is 36.8 Å². The van der Waals surface area contributed by atoms with Gasteiger partial charge in [0, 0.05) is 5.02 Å². The monoisotopic (exact) mass is 169 g/mol. The van der Waals surface area contributed by atoms with Gasteiger partial charge in [0.15, 0.2) is 0 Å². The van der Waals surface area contributed by atoms with Crippen molar-refractivity contribution in [1.29, 1.82) is 0 Å². The molecule has 0 atom stereocenters. The minimum Gasteiger partial charge on any atom is -0.260 e. The average molecular weight is 170 g/mol. The molecular formula is C7H8ClN3. The smallest absolute Gasteiger partial charge is 0.0579 e. The summed E-state index contributed by atoms with van der Waals surface area (Å²) in [5, 5.41) is 7.85. The quantitative estimate of drug-likeness (QED) is 0.537. The highest BCUT2D eigenvalue weighted by Crippen LogP contribution is 2.12. The average Bonchev–Trinajstić information content (AvgIpc) is 2.04. The lowest BCUT2D eigenvalue weighted by Gasteiger charge is -1.96. The van der Waals surface area contributed by atoms with Crippen molar-refractivity contribution in [2.75, 3.05) is 12.5 Å². The molecular weight excluding hydrogens is 162 g/mol. The number of benzene rings is 1. The second-order valence-electron chi connectivity index (χ2n) is 1.92. The molecule has 0 heterocycles. The Morgan fingerprint density at radius 1 is 1.27 bits per heavy atom. The lowest BCUT2D eigenvalue weighted by Crippen LogP contribution is -1.84. The molecule has 1 rings (SSSR count). The molecule has 4 heteroatoms. The summed E-state index contributed by atoms with van der Waals surface area (Å²) in [6.07, 6.45) is 0. The van der Waals surface area contributed by atoms with Gasteiger partial charge in [-0.15, -0.1) is 0 Å². The number of nitrogens with one attached hydrogen (secondary N) is 1. The van der Waals surface area contributed by atoms with E-state index in [9.17, 15) is 0 Å². The van der Waals surface area contributed by atoms with Crippen LogP contribution < -0.4 is 5.43 Å². The van der Waals surface area contributed by atoms with Crippen LogP contribution in [0.1, 0.15) is 0 Å². The fourth-order valence-corrected chi connectivity index (χ4v) is 0.758. The first kappa shape index (κ1) is 8.01. The summed E-state index contributed by atoms with van der Waals surface area (Å²) in [6, 6.07) is 7.23. The maximum atomic E-state index is 5.66. The molecule has 0 saturated heterocycles. The Kier molecular flexibility index (Phi) is 2.86. The molecule has 0 amide bonds. The maximum Gasteiger partial charge on any atom is 0.0579 e. The summed E-state index contributed by atoms with van der Waals surface area (Å²) in [5.41, 5.74) is 3.60. The highest BCUT2D eigenvalue weighted by molar-refractivity contribution is 6.30. The summed E-state index contributed by atoms with van der Waals surface area (Å²) in [4.78, 5) is 0. The molecule has 1 N–H and O–H groups in total. The predicted octanol–water partition coefficient (Wildman–Crippen LogP) is 2.75. The van der Waals surface area contributed by atoms with Crippen LogP contribution in [0.3, 0.4) is 0 Å². The Balaban J connectivity index is 2.66. The van der Waals surface area contributed by atoms with Crippen molar-refractivity contribution < 1.29 is 0 Å². The molecule has 0 radical (unpaired) electrons. The van der Waals surface area contributed by atoms with E-state index in [0.717, 1.165) is 5.69 Å². The molecule has 0 fully saturated rings. The van der Waals surface area contributed by atoms with Gasteiger partial charge in [0.2, 0.25) is 0 Å². The standard InChI is InChI=1S/C7H8ClN3/c1-9-11-10-7-4-2-6(8)3-5-7/h2-5H,1H3,(H,9,10). The van der Waals surface area contributed by atoms with Crippen molar-refractivity contribution in [3.05, 3.63) is 29.3 Å². The van der Waals surface area contributed by atoms with E-state index in [0.29, 0.717) is 5.02 Å². The molecule has 58 valence electrons. The predicted molar refractivity (Wildman–Crippen MR) is 45.9 cm³/mol. The minimum absolute atomic E-state index is 0.712. The Hall–Kier alpha value is -1.09. The number of hydrogen-bond acceptors (Lipinski definition) is 2. The summed E-state index contributed by atoms with van der Waals surface area (Å²) >= 11 is 5.66. The summed E-state index contributed by atoms with van der Waals surface area (Å²) < 4.78 is 0. The van der Waals surface area contributed by atoms with E-state index < -0.39 is 0 Å². The first-order valence-electron chi connectivity index (χ1n) is 3.13. The van der Waals surface area contributed by atoms with Crippen LogP contribution in [-0.2, 0) is 0 Å². The van der Waals surface area contributed by atoms with Crippen molar-refractivity contribution in [3.63, 3.8) is 0 Å². The summed E-state index contributed by atoms with van der Waals surface area (Å²) in [7, 11) is 1.60. The second kappa shape index (κ2) is 3.93. The number of halogens is 1. The normalized spacial score (nSPS) is 10.4. The van der Waals surface area contributed by atoms with E-state index >= 15 is 0 Å². The van der Waals surface area contributed by atoms with E-state index in [1.54, 1.807) is 19.2 Å². The highest BCUT2D eigenvalue weighted by atomic mass is 35.5. The van der Waals surface area contributed by atoms with Gasteiger partial charge in [0.1, 0.15) is 0 Å². The van der Waals surface area contributed by atoms with Gasteiger partial charge in [-0.1, -0.05) is 16.8 Å². The third-order valence-electron chi connectivity index (χ3n) is 1.12. The fourth-order valence-electron chi connectivity index (χ4n) is 0.632. The molecule has 0 bridgehead atoms. The Labute approximate surface area is 70.1 Å². The van der Waals surface area contributed by atoms with E-state index in [-0.39, 0.29) is 0 Å². The van der Waals surface area contributed by atoms with Crippen LogP contribution in [0, 0.1) is 0 Å². The largest absolute Gasteiger partial charge is 0.260 e. The molecule has 0 aliphatic carbocycles. The summed E-state index contributed by atoms with van der Waals surface area (Å²) in [6.45, 7) is 0. The molecule has 0 aliphatic rings. The molecule has 1 aromatic rings. The molecule has 0 aliphatic heterocycles. The van der Waals surface area contributed by atoms with Crippen LogP contribution in [0.5, 0.6) is 0 Å². The number of anilines is 1. The molecule has 1 aromatic carbocycles. The van der Waals surface area contributed by atoms with Crippen molar-refractivity contribution >= 4 is 17.3 Å². The number of rotatable bonds is 2. The van der Waals surface area contributed by atoms with Gasteiger partial charge in [-0.25, -0.2) is 0 Å². The maximum absolute atomic E-state index is 5.66. The zero-order valence-corrected chi connectivity index (χ0v) is 6.84. The SMILES string of the molecule is CN=NNc1ccc(Cl)cc1. The van der Waals surface area contributed by atoms with Gasteiger partial charge < -0.3 is 0 Å². The van der Waals surface area contributed by atoms with Gasteiger partial charge in [-0.3, -0.25) is 5.43 Å². The molecule has 0 unspecified atom stereocenters. The van der Waals surface area contributed by atoms with E-state index in [4.69, 9.17) is 11.6 Å². The van der Waals surface area contributed by atoms with Crippen molar-refractivity contribution in [2.24, 2.45) is 10.3 Å². The number of hydrogen-bond donors (Lipinski definition) is 1. The minimum atomic E-state index is 0.712. The first-order valence-corrected chi connectivity index (χ1v) is 3.51. The van der Waals surface area contributed by atoms with Crippen LogP contribution in [0.25, 0.3) is 0 Å². The molecule has 11 heavy (non-hydrogen) atoms. The van der Waals surface area contributed by atoms with E-state index in [1.807, 2.05) is 12.1 Å². The van der Waals surface area contributed by atoms with Crippen LogP contribution in [0.15, 0.2) is 34.6 Å². The van der Waals surface area contributed by atoms with Crippen LogP contribution in [0.4, 0.5) is 5.69 Å². The molecule has 0 aromatic heterocycles. The zero-order valence-electron chi connectivity index (χ0n) is 6.08. The van der Waals surface area contributed by atoms with Gasteiger partial charge in [-0.2, -0.15) is 5.11 Å². The van der Waals surface area contributed by atoms with Crippen LogP contribution in [0.2, 0.25) is 5.02 Å². The lowest BCUT2D eigenvalue weighted by atomic mass is 10.3. The number of nitrogens with zero attached hydrogens (tertiary/aromatic N) is 2. The Morgan fingerprint density at radius 2 is 1.91 bits per heavy atom. The van der Waals surface area contributed by atoms with Crippen molar-refractivity contribution in [1.82, 2.24) is 0 Å². The first-order chi connectivity index (χ1) is 5.33. The van der Waals surface area contributed by atoms with Crippen molar-refractivity contribution in [2.45, 2.75) is 0 Å². The van der Waals surface area contributed by atoms with E-state index in [1.165, 1.54) is 0 Å². The Morgan fingerprint density at radius 3 is 2.45 bits per heavy atom. The zero-order chi connectivity index (χ0) is 8.10. The van der Waals surface area contributed by atoms with Crippen LogP contribution >= 0.6 is 11.6 Å². The van der Waals surface area contributed by atoms with E-state index in [2.05, 4.69) is 15.8 Å². The van der Waals surface area contributed by atoms with Gasteiger partial charge in [-0.05, 0) is 24.3 Å². The molecule has 0 spiro atoms. The fraction of sp³-hybridized carbons (Fsp3) is 0.143. The molecule has 0 saturated carbocycles. The third kappa shape index (κ3) is 2.55. The second-order valence-corrected chi connectivity index (χ2v) is 2.36. The van der Waals surface area contributed by atoms with Gasteiger partial charge in [0.25, 0.3) is 0 Å². The van der Waals surface area contributed by atoms with Gasteiger partial charge in [0.05, 0.1) is 12.7 Å². The Bertz CT molecular complexity index is 242. The van der Waals surface area contributed by atoms with Gasteiger partial charge >= 0.3 is 0 Å². The third-order valence-corrected chi connectivity index (χ3v) is 1.38. The summed E-state index contributed by atoms with van der Waals surface area (Å²) in [5.74, 6) is 0. The molecule has 3 nitrogen and oxygen atoms in total. The van der Waals surface area contributed by atoms with Crippen molar-refractivity contribution in [3.8, 4) is 0 Å². The van der Waals surface area contributed by atoms with Crippen LogP contribution in [-0.4, -0.2) is 7.05 Å². The lowest BCUT2D eigenvalue weighted by molar-refractivity contribution is 1.08. The highest BCUT2D eigenvalue weighted by Gasteiger charge is 1.88.